The Balaban J connectivity index is 2.00. The van der Waals surface area contributed by atoms with E-state index in [1.807, 2.05) is 6.92 Å². The van der Waals surface area contributed by atoms with Crippen LogP contribution in [0.1, 0.15) is 50.6 Å². The number of halogens is 2. The smallest absolute Gasteiger partial charge is 0.163 e. The van der Waals surface area contributed by atoms with Gasteiger partial charge in [-0.2, -0.15) is 0 Å². The van der Waals surface area contributed by atoms with Crippen LogP contribution in [0.3, 0.4) is 0 Å². The molecule has 4 heteroatoms. The highest BCUT2D eigenvalue weighted by molar-refractivity contribution is 5.22. The summed E-state index contributed by atoms with van der Waals surface area (Å²) in [5.41, 5.74) is 0.419. The average molecular weight is 283 g/mol. The van der Waals surface area contributed by atoms with Crippen LogP contribution in [0.5, 0.6) is 0 Å². The van der Waals surface area contributed by atoms with E-state index in [1.54, 1.807) is 12.1 Å². The molecule has 1 aliphatic rings. The molecule has 2 unspecified atom stereocenters. The van der Waals surface area contributed by atoms with Gasteiger partial charge in [-0.25, -0.2) is 8.78 Å². The van der Waals surface area contributed by atoms with E-state index in [-0.39, 0.29) is 12.1 Å². The van der Waals surface area contributed by atoms with Crippen LogP contribution in [0.4, 0.5) is 8.78 Å². The van der Waals surface area contributed by atoms with Crippen LogP contribution in [0.25, 0.3) is 0 Å². The monoisotopic (exact) mass is 283 g/mol. The first kappa shape index (κ1) is 15.4. The zero-order valence-electron chi connectivity index (χ0n) is 12.0. The zero-order chi connectivity index (χ0) is 14.4. The molecule has 0 aliphatic carbocycles. The highest BCUT2D eigenvalue weighted by Gasteiger charge is 2.20. The van der Waals surface area contributed by atoms with Gasteiger partial charge in [-0.05, 0) is 44.7 Å². The molecule has 0 spiro atoms. The van der Waals surface area contributed by atoms with Gasteiger partial charge < -0.3 is 10.1 Å². The number of nitrogens with one attached hydrogen (secondary N) is 1. The van der Waals surface area contributed by atoms with Gasteiger partial charge in [0.2, 0.25) is 0 Å². The van der Waals surface area contributed by atoms with Crippen LogP contribution in [-0.4, -0.2) is 19.3 Å². The first-order valence-corrected chi connectivity index (χ1v) is 7.51. The van der Waals surface area contributed by atoms with Crippen molar-refractivity contribution in [3.05, 3.63) is 35.4 Å². The minimum Gasteiger partial charge on any atom is -0.378 e. The first-order chi connectivity index (χ1) is 9.72. The maximum Gasteiger partial charge on any atom is 0.163 e. The lowest BCUT2D eigenvalue weighted by Gasteiger charge is -2.25. The van der Waals surface area contributed by atoms with Gasteiger partial charge in [0.1, 0.15) is 0 Å². The normalized spacial score (nSPS) is 20.9. The van der Waals surface area contributed by atoms with E-state index >= 15 is 0 Å². The van der Waals surface area contributed by atoms with Crippen LogP contribution in [-0.2, 0) is 4.74 Å². The molecule has 1 aromatic rings. The molecule has 2 rings (SSSR count). The molecule has 0 aromatic heterocycles. The van der Waals surface area contributed by atoms with Gasteiger partial charge in [0.15, 0.2) is 11.6 Å². The topological polar surface area (TPSA) is 21.3 Å². The van der Waals surface area contributed by atoms with Crippen LogP contribution in [0.2, 0.25) is 0 Å². The maximum atomic E-state index is 13.9. The molecule has 2 nitrogen and oxygen atoms in total. The van der Waals surface area contributed by atoms with E-state index in [9.17, 15) is 8.78 Å². The van der Waals surface area contributed by atoms with E-state index in [4.69, 9.17) is 4.74 Å². The Kier molecular flexibility index (Phi) is 5.92. The molecule has 0 amide bonds. The summed E-state index contributed by atoms with van der Waals surface area (Å²) in [6.45, 7) is 3.53. The van der Waals surface area contributed by atoms with Crippen molar-refractivity contribution in [3.63, 3.8) is 0 Å². The van der Waals surface area contributed by atoms with Gasteiger partial charge in [0, 0.05) is 18.2 Å². The summed E-state index contributed by atoms with van der Waals surface area (Å²) in [5, 5.41) is 3.24. The fourth-order valence-electron chi connectivity index (χ4n) is 2.79. The van der Waals surface area contributed by atoms with Crippen molar-refractivity contribution in [1.82, 2.24) is 5.32 Å². The lowest BCUT2D eigenvalue weighted by Crippen LogP contribution is -2.25. The van der Waals surface area contributed by atoms with E-state index in [0.29, 0.717) is 5.56 Å². The van der Waals surface area contributed by atoms with Crippen LogP contribution >= 0.6 is 0 Å². The van der Waals surface area contributed by atoms with Crippen LogP contribution in [0.15, 0.2) is 18.2 Å². The standard InChI is InChI=1S/C16H23F2NO/c1-2-19-15(10-9-12-6-3-4-11-20-12)13-7-5-8-14(17)16(13)18/h5,7-8,12,15,19H,2-4,6,9-11H2,1H3. The number of hydrogen-bond donors (Lipinski definition) is 1. The lowest BCUT2D eigenvalue weighted by atomic mass is 9.96. The van der Waals surface area contributed by atoms with Crippen molar-refractivity contribution >= 4 is 0 Å². The van der Waals surface area contributed by atoms with Crippen molar-refractivity contribution < 1.29 is 13.5 Å². The summed E-state index contributed by atoms with van der Waals surface area (Å²) in [5.74, 6) is -1.51. The molecule has 2 atom stereocenters. The number of ether oxygens (including phenoxy) is 1. The molecule has 20 heavy (non-hydrogen) atoms. The SMILES string of the molecule is CCNC(CCC1CCCCO1)c1cccc(F)c1F. The maximum absolute atomic E-state index is 13.9. The molecular weight excluding hydrogens is 260 g/mol. The molecule has 0 radical (unpaired) electrons. The summed E-state index contributed by atoms with van der Waals surface area (Å²) in [4.78, 5) is 0. The van der Waals surface area contributed by atoms with E-state index in [0.717, 1.165) is 44.9 Å². The van der Waals surface area contributed by atoms with E-state index in [2.05, 4.69) is 5.32 Å². The van der Waals surface area contributed by atoms with Crippen molar-refractivity contribution in [2.75, 3.05) is 13.2 Å². The molecule has 0 saturated carbocycles. The summed E-state index contributed by atoms with van der Waals surface area (Å²) in [7, 11) is 0. The molecular formula is C16H23F2NO. The summed E-state index contributed by atoms with van der Waals surface area (Å²) < 4.78 is 32.9. The minimum atomic E-state index is -0.778. The van der Waals surface area contributed by atoms with Gasteiger partial charge in [-0.1, -0.05) is 19.1 Å². The Morgan fingerprint density at radius 3 is 2.90 bits per heavy atom. The van der Waals surface area contributed by atoms with Gasteiger partial charge >= 0.3 is 0 Å². The van der Waals surface area contributed by atoms with E-state index in [1.165, 1.54) is 6.42 Å². The molecule has 0 bridgehead atoms. The molecule has 1 heterocycles. The largest absolute Gasteiger partial charge is 0.378 e. The fourth-order valence-corrected chi connectivity index (χ4v) is 2.79. The number of benzene rings is 1. The number of rotatable bonds is 6. The van der Waals surface area contributed by atoms with Crippen LogP contribution < -0.4 is 5.32 Å². The van der Waals surface area contributed by atoms with Crippen molar-refractivity contribution in [3.8, 4) is 0 Å². The summed E-state index contributed by atoms with van der Waals surface area (Å²) in [6.07, 6.45) is 5.31. The predicted octanol–water partition coefficient (Wildman–Crippen LogP) is 3.96. The van der Waals surface area contributed by atoms with Crippen molar-refractivity contribution in [1.29, 1.82) is 0 Å². The highest BCUT2D eigenvalue weighted by Crippen LogP contribution is 2.26. The quantitative estimate of drug-likeness (QED) is 0.853. The van der Waals surface area contributed by atoms with Crippen molar-refractivity contribution in [2.45, 2.75) is 51.2 Å². The minimum absolute atomic E-state index is 0.152. The Labute approximate surface area is 119 Å². The highest BCUT2D eigenvalue weighted by atomic mass is 19.2. The molecule has 112 valence electrons. The van der Waals surface area contributed by atoms with Gasteiger partial charge in [0.25, 0.3) is 0 Å². The Morgan fingerprint density at radius 1 is 1.35 bits per heavy atom. The average Bonchev–Trinajstić information content (AvgIpc) is 2.48. The Hall–Kier alpha value is -1.00. The number of hydrogen-bond acceptors (Lipinski definition) is 2. The molecule has 1 saturated heterocycles. The van der Waals surface area contributed by atoms with Gasteiger partial charge in [-0.15, -0.1) is 0 Å². The molecule has 1 fully saturated rings. The third-order valence-corrected chi connectivity index (χ3v) is 3.86. The summed E-state index contributed by atoms with van der Waals surface area (Å²) in [6, 6.07) is 4.23. The summed E-state index contributed by atoms with van der Waals surface area (Å²) >= 11 is 0. The third kappa shape index (κ3) is 4.00. The molecule has 1 aliphatic heterocycles. The first-order valence-electron chi connectivity index (χ1n) is 7.51. The van der Waals surface area contributed by atoms with Gasteiger partial charge in [-0.3, -0.25) is 0 Å². The Morgan fingerprint density at radius 2 is 2.20 bits per heavy atom. The van der Waals surface area contributed by atoms with E-state index < -0.39 is 11.6 Å². The fraction of sp³-hybridized carbons (Fsp3) is 0.625. The van der Waals surface area contributed by atoms with Crippen LogP contribution in [0, 0.1) is 11.6 Å². The lowest BCUT2D eigenvalue weighted by molar-refractivity contribution is 0.00850. The predicted molar refractivity (Wildman–Crippen MR) is 75.6 cm³/mol. The Bertz CT molecular complexity index is 419. The second-order valence-electron chi connectivity index (χ2n) is 5.32. The molecule has 1 aromatic carbocycles. The third-order valence-electron chi connectivity index (χ3n) is 3.86. The molecule has 1 N–H and O–H groups in total. The van der Waals surface area contributed by atoms with Crippen molar-refractivity contribution in [2.24, 2.45) is 0 Å². The zero-order valence-corrected chi connectivity index (χ0v) is 12.0. The van der Waals surface area contributed by atoms with Gasteiger partial charge in [0.05, 0.1) is 6.10 Å². The second kappa shape index (κ2) is 7.70. The second-order valence-corrected chi connectivity index (χ2v) is 5.32.